The van der Waals surface area contributed by atoms with E-state index >= 15 is 0 Å². The van der Waals surface area contributed by atoms with Gasteiger partial charge >= 0.3 is 5.97 Å². The molecule has 17 heavy (non-hydrogen) atoms. The molecule has 0 spiro atoms. The highest BCUT2D eigenvalue weighted by Crippen LogP contribution is 2.20. The van der Waals surface area contributed by atoms with Gasteiger partial charge in [0.15, 0.2) is 5.69 Å². The lowest BCUT2D eigenvalue weighted by molar-refractivity contribution is -0.135. The lowest BCUT2D eigenvalue weighted by atomic mass is 10.1. The van der Waals surface area contributed by atoms with Crippen LogP contribution in [-0.4, -0.2) is 33.1 Å². The predicted molar refractivity (Wildman–Crippen MR) is 61.5 cm³/mol. The Labute approximate surface area is 99.5 Å². The highest BCUT2D eigenvalue weighted by Gasteiger charge is 2.25. The first-order chi connectivity index (χ1) is 7.84. The van der Waals surface area contributed by atoms with Crippen molar-refractivity contribution in [2.45, 2.75) is 26.3 Å². The number of hydrogen-bond donors (Lipinski definition) is 1. The molecule has 0 amide bonds. The van der Waals surface area contributed by atoms with Crippen molar-refractivity contribution in [2.75, 3.05) is 11.4 Å². The number of carboxylic acids is 1. The van der Waals surface area contributed by atoms with Crippen molar-refractivity contribution >= 4 is 11.8 Å². The molecule has 0 bridgehead atoms. The molecule has 1 aromatic heterocycles. The van der Waals surface area contributed by atoms with E-state index in [1.54, 1.807) is 4.90 Å². The molecular formula is C11H14N4O2. The number of anilines is 1. The molecule has 6 heteroatoms. The van der Waals surface area contributed by atoms with Crippen LogP contribution in [0, 0.1) is 11.3 Å². The van der Waals surface area contributed by atoms with Crippen LogP contribution >= 0.6 is 0 Å². The number of nitrogens with zero attached hydrogens (tertiary/aromatic N) is 4. The van der Waals surface area contributed by atoms with Crippen LogP contribution in [0.2, 0.25) is 0 Å². The summed E-state index contributed by atoms with van der Waals surface area (Å²) in [7, 11) is 0. The number of aliphatic carboxylic acids is 1. The van der Waals surface area contributed by atoms with Crippen molar-refractivity contribution in [3.8, 4) is 6.07 Å². The Kier molecular flexibility index (Phi) is 3.63. The fraction of sp³-hybridized carbons (Fsp3) is 0.455. The summed E-state index contributed by atoms with van der Waals surface area (Å²) in [6.07, 6.45) is 2.74. The maximum Gasteiger partial charge on any atom is 0.323 e. The Morgan fingerprint density at radius 1 is 1.47 bits per heavy atom. The van der Waals surface area contributed by atoms with Gasteiger partial charge in [-0.1, -0.05) is 0 Å². The van der Waals surface area contributed by atoms with E-state index in [1.807, 2.05) is 26.8 Å². The molecule has 0 aromatic carbocycles. The van der Waals surface area contributed by atoms with Gasteiger partial charge in [0.25, 0.3) is 0 Å². The highest BCUT2D eigenvalue weighted by molar-refractivity contribution is 5.73. The zero-order valence-corrected chi connectivity index (χ0v) is 10.0. The minimum Gasteiger partial charge on any atom is -0.480 e. The van der Waals surface area contributed by atoms with E-state index < -0.39 is 5.97 Å². The fourth-order valence-electron chi connectivity index (χ4n) is 1.32. The second-order valence-electron chi connectivity index (χ2n) is 4.52. The lowest BCUT2D eigenvalue weighted by Gasteiger charge is -2.35. The molecule has 1 N–H and O–H groups in total. The molecule has 0 fully saturated rings. The SMILES string of the molecule is CC(C)(C)N(CC(=O)O)c1cnc(C#N)cn1. The van der Waals surface area contributed by atoms with Crippen molar-refractivity contribution in [3.05, 3.63) is 18.1 Å². The topological polar surface area (TPSA) is 90.1 Å². The van der Waals surface area contributed by atoms with Crippen molar-refractivity contribution < 1.29 is 9.90 Å². The van der Waals surface area contributed by atoms with E-state index in [4.69, 9.17) is 10.4 Å². The van der Waals surface area contributed by atoms with Crippen molar-refractivity contribution in [2.24, 2.45) is 0 Å². The van der Waals surface area contributed by atoms with Gasteiger partial charge in [0.05, 0.1) is 12.4 Å². The Hall–Kier alpha value is -2.16. The lowest BCUT2D eigenvalue weighted by Crippen LogP contribution is -2.45. The van der Waals surface area contributed by atoms with Crippen LogP contribution in [-0.2, 0) is 4.79 Å². The maximum absolute atomic E-state index is 10.8. The van der Waals surface area contributed by atoms with Crippen LogP contribution < -0.4 is 4.90 Å². The number of carbonyl (C=O) groups is 1. The van der Waals surface area contributed by atoms with Gasteiger partial charge in [-0.3, -0.25) is 4.79 Å². The van der Waals surface area contributed by atoms with Crippen LogP contribution in [0.5, 0.6) is 0 Å². The minimum absolute atomic E-state index is 0.163. The Morgan fingerprint density at radius 2 is 2.12 bits per heavy atom. The second kappa shape index (κ2) is 4.78. The van der Waals surface area contributed by atoms with Gasteiger partial charge in [-0.25, -0.2) is 9.97 Å². The standard InChI is InChI=1S/C11H14N4O2/c1-11(2,3)15(7-10(16)17)9-6-13-8(4-12)5-14-9/h5-6H,7H2,1-3H3,(H,16,17). The summed E-state index contributed by atoms with van der Waals surface area (Å²) in [5, 5.41) is 17.5. The summed E-state index contributed by atoms with van der Waals surface area (Å²) in [6, 6.07) is 1.86. The average Bonchev–Trinajstić information content (AvgIpc) is 2.24. The van der Waals surface area contributed by atoms with Gasteiger partial charge < -0.3 is 10.0 Å². The Balaban J connectivity index is 3.05. The van der Waals surface area contributed by atoms with Gasteiger partial charge in [-0.05, 0) is 20.8 Å². The zero-order chi connectivity index (χ0) is 13.1. The van der Waals surface area contributed by atoms with Gasteiger partial charge in [-0.2, -0.15) is 5.26 Å². The molecule has 1 rings (SSSR count). The van der Waals surface area contributed by atoms with Crippen LogP contribution in [0.3, 0.4) is 0 Å². The minimum atomic E-state index is -0.939. The summed E-state index contributed by atoms with van der Waals surface area (Å²) in [5.41, 5.74) is -0.181. The molecule has 0 aliphatic rings. The molecule has 0 saturated heterocycles. The first-order valence-electron chi connectivity index (χ1n) is 5.06. The van der Waals surface area contributed by atoms with E-state index in [9.17, 15) is 4.79 Å². The molecule has 0 aliphatic heterocycles. The smallest absolute Gasteiger partial charge is 0.323 e. The van der Waals surface area contributed by atoms with Gasteiger partial charge in [0.2, 0.25) is 0 Å². The van der Waals surface area contributed by atoms with E-state index in [2.05, 4.69) is 9.97 Å². The van der Waals surface area contributed by atoms with Gasteiger partial charge in [0, 0.05) is 5.54 Å². The molecule has 0 radical (unpaired) electrons. The zero-order valence-electron chi connectivity index (χ0n) is 10.0. The molecule has 0 atom stereocenters. The predicted octanol–water partition coefficient (Wildman–Crippen LogP) is 1.04. The summed E-state index contributed by atoms with van der Waals surface area (Å²) in [5.74, 6) is -0.495. The molecular weight excluding hydrogens is 220 g/mol. The van der Waals surface area contributed by atoms with Gasteiger partial charge in [-0.15, -0.1) is 0 Å². The number of hydrogen-bond acceptors (Lipinski definition) is 5. The third kappa shape index (κ3) is 3.41. The molecule has 0 aliphatic carbocycles. The molecule has 90 valence electrons. The second-order valence-corrected chi connectivity index (χ2v) is 4.52. The van der Waals surface area contributed by atoms with Crippen molar-refractivity contribution in [3.63, 3.8) is 0 Å². The third-order valence-corrected chi connectivity index (χ3v) is 2.13. The maximum atomic E-state index is 10.8. The summed E-state index contributed by atoms with van der Waals surface area (Å²) >= 11 is 0. The summed E-state index contributed by atoms with van der Waals surface area (Å²) in [6.45, 7) is 5.49. The van der Waals surface area contributed by atoms with Crippen molar-refractivity contribution in [1.82, 2.24) is 9.97 Å². The van der Waals surface area contributed by atoms with Gasteiger partial charge in [0.1, 0.15) is 18.4 Å². The van der Waals surface area contributed by atoms with Crippen LogP contribution in [0.15, 0.2) is 12.4 Å². The van der Waals surface area contributed by atoms with E-state index in [-0.39, 0.29) is 17.8 Å². The van der Waals surface area contributed by atoms with E-state index in [0.29, 0.717) is 5.82 Å². The Morgan fingerprint density at radius 3 is 2.47 bits per heavy atom. The number of carboxylic acid groups (broad SMARTS) is 1. The number of rotatable bonds is 3. The van der Waals surface area contributed by atoms with Crippen LogP contribution in [0.4, 0.5) is 5.82 Å². The van der Waals surface area contributed by atoms with Crippen LogP contribution in [0.25, 0.3) is 0 Å². The monoisotopic (exact) mass is 234 g/mol. The quantitative estimate of drug-likeness (QED) is 0.840. The summed E-state index contributed by atoms with van der Waals surface area (Å²) < 4.78 is 0. The molecule has 1 heterocycles. The third-order valence-electron chi connectivity index (χ3n) is 2.13. The molecule has 6 nitrogen and oxygen atoms in total. The molecule has 0 saturated carbocycles. The van der Waals surface area contributed by atoms with Crippen LogP contribution in [0.1, 0.15) is 26.5 Å². The molecule has 0 unspecified atom stereocenters. The average molecular weight is 234 g/mol. The largest absolute Gasteiger partial charge is 0.480 e. The summed E-state index contributed by atoms with van der Waals surface area (Å²) in [4.78, 5) is 20.4. The van der Waals surface area contributed by atoms with E-state index in [1.165, 1.54) is 12.4 Å². The van der Waals surface area contributed by atoms with Crippen molar-refractivity contribution in [1.29, 1.82) is 5.26 Å². The van der Waals surface area contributed by atoms with E-state index in [0.717, 1.165) is 0 Å². The number of aromatic nitrogens is 2. The fourth-order valence-corrected chi connectivity index (χ4v) is 1.32. The normalized spacial score (nSPS) is 10.7. The Bertz CT molecular complexity index is 442. The first-order valence-corrected chi connectivity index (χ1v) is 5.06. The number of nitriles is 1. The molecule has 1 aromatic rings. The first kappa shape index (κ1) is 12.9. The highest BCUT2D eigenvalue weighted by atomic mass is 16.4.